The molecular formula is C30H34N2O5. The lowest BCUT2D eigenvalue weighted by atomic mass is 9.81. The summed E-state index contributed by atoms with van der Waals surface area (Å²) in [6.45, 7) is 6.23. The van der Waals surface area contributed by atoms with Crippen molar-refractivity contribution in [3.8, 4) is 5.75 Å². The summed E-state index contributed by atoms with van der Waals surface area (Å²) in [6.07, 6.45) is 5.20. The topological polar surface area (TPSA) is 84.0 Å². The molecular weight excluding hydrogens is 468 g/mol. The molecule has 2 heterocycles. The second-order valence-electron chi connectivity index (χ2n) is 10.4. The van der Waals surface area contributed by atoms with Gasteiger partial charge in [0, 0.05) is 18.7 Å². The number of carbonyl (C=O) groups is 4. The monoisotopic (exact) mass is 502 g/mol. The quantitative estimate of drug-likeness (QED) is 0.323. The number of hydrogen-bond donors (Lipinski definition) is 0. The van der Waals surface area contributed by atoms with Gasteiger partial charge in [0.2, 0.25) is 17.7 Å². The van der Waals surface area contributed by atoms with Gasteiger partial charge < -0.3 is 9.64 Å². The maximum Gasteiger partial charge on any atom is 0.316 e. The van der Waals surface area contributed by atoms with Crippen LogP contribution < -0.4 is 14.5 Å². The molecule has 2 aliphatic heterocycles. The molecule has 1 saturated carbocycles. The zero-order valence-corrected chi connectivity index (χ0v) is 21.8. The van der Waals surface area contributed by atoms with Gasteiger partial charge >= 0.3 is 5.97 Å². The van der Waals surface area contributed by atoms with Gasteiger partial charge in [-0.25, -0.2) is 4.90 Å². The number of hydrogen-bond acceptors (Lipinski definition) is 5. The van der Waals surface area contributed by atoms with E-state index < -0.39 is 11.9 Å². The Morgan fingerprint density at radius 2 is 1.57 bits per heavy atom. The maximum absolute atomic E-state index is 13.1. The number of fused-ring (bicyclic) bond motifs is 1. The fraction of sp³-hybridized carbons (Fsp3) is 0.467. The number of aryl methyl sites for hydroxylation is 3. The van der Waals surface area contributed by atoms with Crippen molar-refractivity contribution < 1.29 is 23.9 Å². The minimum Gasteiger partial charge on any atom is -0.426 e. The van der Waals surface area contributed by atoms with E-state index in [9.17, 15) is 19.2 Å². The number of carbonyl (C=O) groups excluding carboxylic acids is 4. The van der Waals surface area contributed by atoms with Gasteiger partial charge in [-0.3, -0.25) is 19.2 Å². The summed E-state index contributed by atoms with van der Waals surface area (Å²) in [6, 6.07) is 11.1. The van der Waals surface area contributed by atoms with Gasteiger partial charge in [-0.15, -0.1) is 0 Å². The maximum atomic E-state index is 13.1. The Hall–Kier alpha value is -3.48. The molecule has 0 spiro atoms. The van der Waals surface area contributed by atoms with Crippen LogP contribution in [0.2, 0.25) is 0 Å². The van der Waals surface area contributed by atoms with E-state index >= 15 is 0 Å². The fourth-order valence-electron chi connectivity index (χ4n) is 6.18. The van der Waals surface area contributed by atoms with Crippen LogP contribution in [-0.2, 0) is 32.0 Å². The Labute approximate surface area is 217 Å². The van der Waals surface area contributed by atoms with Crippen molar-refractivity contribution in [2.75, 3.05) is 16.3 Å². The summed E-state index contributed by atoms with van der Waals surface area (Å²) in [7, 11) is 0. The lowest BCUT2D eigenvalue weighted by Crippen LogP contribution is -2.31. The summed E-state index contributed by atoms with van der Waals surface area (Å²) in [5.74, 6) is -1.41. The lowest BCUT2D eigenvalue weighted by molar-refractivity contribution is -0.139. The molecule has 5 rings (SSSR count). The smallest absolute Gasteiger partial charge is 0.316 e. The number of esters is 1. The summed E-state index contributed by atoms with van der Waals surface area (Å²) in [5.41, 5.74) is 4.36. The molecule has 3 atom stereocenters. The molecule has 0 unspecified atom stereocenters. The fourth-order valence-corrected chi connectivity index (χ4v) is 6.18. The first kappa shape index (κ1) is 25.2. The molecule has 0 N–H and O–H groups in total. The van der Waals surface area contributed by atoms with Crippen LogP contribution >= 0.6 is 0 Å². The molecule has 3 fully saturated rings. The second kappa shape index (κ2) is 10.1. The van der Waals surface area contributed by atoms with Crippen molar-refractivity contribution in [2.45, 2.75) is 65.7 Å². The van der Waals surface area contributed by atoms with Crippen LogP contribution in [0.1, 0.15) is 62.6 Å². The zero-order chi connectivity index (χ0) is 26.3. The number of nitrogens with zero attached hydrogens (tertiary/aromatic N) is 2. The van der Waals surface area contributed by atoms with Gasteiger partial charge in [-0.2, -0.15) is 0 Å². The number of imide groups is 1. The number of rotatable bonds is 6. The molecule has 2 aromatic carbocycles. The molecule has 7 heteroatoms. The molecule has 2 aromatic rings. The third-order valence-electron chi connectivity index (χ3n) is 8.16. The Balaban J connectivity index is 1.30. The first-order chi connectivity index (χ1) is 17.8. The van der Waals surface area contributed by atoms with Crippen molar-refractivity contribution >= 4 is 35.1 Å². The average Bonchev–Trinajstić information content (AvgIpc) is 3.41. The highest BCUT2D eigenvalue weighted by Gasteiger charge is 2.49. The third-order valence-corrected chi connectivity index (χ3v) is 8.16. The van der Waals surface area contributed by atoms with Gasteiger partial charge in [0.25, 0.3) is 0 Å². The van der Waals surface area contributed by atoms with Crippen LogP contribution in [0.15, 0.2) is 36.4 Å². The van der Waals surface area contributed by atoms with Gasteiger partial charge in [0.1, 0.15) is 5.75 Å². The highest BCUT2D eigenvalue weighted by Crippen LogP contribution is 2.41. The molecule has 3 aliphatic rings. The van der Waals surface area contributed by atoms with E-state index in [1.165, 1.54) is 4.90 Å². The summed E-state index contributed by atoms with van der Waals surface area (Å²) in [5, 5.41) is 0. The van der Waals surface area contributed by atoms with Crippen molar-refractivity contribution in [3.63, 3.8) is 0 Å². The summed E-state index contributed by atoms with van der Waals surface area (Å²) in [4.78, 5) is 55.0. The SMILES string of the molecule is CCc1cccc(CC)c1N1C[C@H](C(=O)Oc2ccc(N3C(=O)[C@@H]4CCCC[C@H]4C3=O)c(C)c2)CC1=O. The predicted octanol–water partition coefficient (Wildman–Crippen LogP) is 4.76. The zero-order valence-electron chi connectivity index (χ0n) is 21.8. The highest BCUT2D eigenvalue weighted by molar-refractivity contribution is 6.22. The molecule has 1 aliphatic carbocycles. The standard InChI is InChI=1S/C30H34N2O5/c1-4-19-9-8-10-20(5-2)27(19)31-17-21(16-26(31)33)30(36)37-22-13-14-25(18(3)15-22)32-28(34)23-11-6-7-12-24(23)29(32)35/h8-10,13-15,21,23-24H,4-7,11-12,16-17H2,1-3H3/t21-,23-,24-/m1/s1. The number of ether oxygens (including phenoxy) is 1. The first-order valence-electron chi connectivity index (χ1n) is 13.4. The molecule has 2 saturated heterocycles. The normalized spacial score (nSPS) is 23.5. The van der Waals surface area contributed by atoms with Crippen LogP contribution in [0.3, 0.4) is 0 Å². The third kappa shape index (κ3) is 4.45. The van der Waals surface area contributed by atoms with Gasteiger partial charge in [0.15, 0.2) is 0 Å². The minimum atomic E-state index is -0.563. The molecule has 37 heavy (non-hydrogen) atoms. The largest absolute Gasteiger partial charge is 0.426 e. The van der Waals surface area contributed by atoms with E-state index in [-0.39, 0.29) is 42.5 Å². The summed E-state index contributed by atoms with van der Waals surface area (Å²) >= 11 is 0. The molecule has 0 radical (unpaired) electrons. The molecule has 0 bridgehead atoms. The van der Waals surface area contributed by atoms with Crippen LogP contribution in [-0.4, -0.2) is 30.2 Å². The Kier molecular flexibility index (Phi) is 6.88. The van der Waals surface area contributed by atoms with E-state index in [0.717, 1.165) is 55.3 Å². The Morgan fingerprint density at radius 3 is 2.14 bits per heavy atom. The van der Waals surface area contributed by atoms with Crippen LogP contribution in [0.4, 0.5) is 11.4 Å². The minimum absolute atomic E-state index is 0.0726. The van der Waals surface area contributed by atoms with Crippen molar-refractivity contribution in [3.05, 3.63) is 53.1 Å². The molecule has 0 aromatic heterocycles. The van der Waals surface area contributed by atoms with E-state index in [4.69, 9.17) is 4.74 Å². The van der Waals surface area contributed by atoms with Crippen LogP contribution in [0, 0.1) is 24.7 Å². The predicted molar refractivity (Wildman–Crippen MR) is 140 cm³/mol. The van der Waals surface area contributed by atoms with Gasteiger partial charge in [-0.05, 0) is 67.5 Å². The van der Waals surface area contributed by atoms with Crippen LogP contribution in [0.25, 0.3) is 0 Å². The molecule has 3 amide bonds. The van der Waals surface area contributed by atoms with Crippen molar-refractivity contribution in [1.82, 2.24) is 0 Å². The molecule has 194 valence electrons. The van der Waals surface area contributed by atoms with Crippen molar-refractivity contribution in [2.24, 2.45) is 17.8 Å². The Morgan fingerprint density at radius 1 is 0.946 bits per heavy atom. The van der Waals surface area contributed by atoms with E-state index in [1.54, 1.807) is 23.1 Å². The van der Waals surface area contributed by atoms with Gasteiger partial charge in [-0.1, -0.05) is 44.9 Å². The Bertz CT molecular complexity index is 1220. The first-order valence-corrected chi connectivity index (χ1v) is 13.4. The van der Waals surface area contributed by atoms with Crippen molar-refractivity contribution in [1.29, 1.82) is 0 Å². The van der Waals surface area contributed by atoms with E-state index in [1.807, 2.05) is 25.1 Å². The number of amides is 3. The number of para-hydroxylation sites is 1. The number of anilines is 2. The van der Waals surface area contributed by atoms with E-state index in [0.29, 0.717) is 17.0 Å². The lowest BCUT2D eigenvalue weighted by Gasteiger charge is -2.23. The molecule has 7 nitrogen and oxygen atoms in total. The summed E-state index contributed by atoms with van der Waals surface area (Å²) < 4.78 is 5.68. The number of benzene rings is 2. The van der Waals surface area contributed by atoms with Crippen LogP contribution in [0.5, 0.6) is 5.75 Å². The average molecular weight is 503 g/mol. The van der Waals surface area contributed by atoms with Gasteiger partial charge in [0.05, 0.1) is 23.4 Å². The second-order valence-corrected chi connectivity index (χ2v) is 10.4. The van der Waals surface area contributed by atoms with E-state index in [2.05, 4.69) is 13.8 Å². The highest BCUT2D eigenvalue weighted by atomic mass is 16.5.